The Morgan fingerprint density at radius 2 is 1.84 bits per heavy atom. The summed E-state index contributed by atoms with van der Waals surface area (Å²) in [4.78, 5) is 2.63. The number of piperidine rings is 1. The van der Waals surface area contributed by atoms with E-state index in [1.165, 1.54) is 49.9 Å². The van der Waals surface area contributed by atoms with Gasteiger partial charge < -0.3 is 0 Å². The molecule has 0 saturated carbocycles. The maximum absolute atomic E-state index is 2.63. The van der Waals surface area contributed by atoms with Crippen LogP contribution in [0.3, 0.4) is 0 Å². The summed E-state index contributed by atoms with van der Waals surface area (Å²) >= 11 is 0. The Kier molecular flexibility index (Phi) is 5.45. The number of aryl methyl sites for hydroxylation is 1. The monoisotopic (exact) mass is 259 g/mol. The fourth-order valence-corrected chi connectivity index (χ4v) is 3.21. The van der Waals surface area contributed by atoms with E-state index < -0.39 is 0 Å². The molecule has 0 amide bonds. The summed E-state index contributed by atoms with van der Waals surface area (Å²) in [6.45, 7) is 10.7. The number of hydrogen-bond acceptors (Lipinski definition) is 1. The standard InChI is InChI=1S/C18H29N/c1-4-6-16-7-5-8-17(13-16)14-19-11-9-18(10-12-19)15(2)3/h5,7-8,13,15,18H,4,6,9-12,14H2,1-3H3. The van der Waals surface area contributed by atoms with Crippen LogP contribution in [0.2, 0.25) is 0 Å². The average Bonchev–Trinajstić information content (AvgIpc) is 2.40. The fourth-order valence-electron chi connectivity index (χ4n) is 3.21. The topological polar surface area (TPSA) is 3.24 Å². The fraction of sp³-hybridized carbons (Fsp3) is 0.667. The van der Waals surface area contributed by atoms with Crippen molar-refractivity contribution in [2.75, 3.05) is 13.1 Å². The molecule has 1 aliphatic rings. The Labute approximate surface area is 119 Å². The van der Waals surface area contributed by atoms with Gasteiger partial charge in [-0.3, -0.25) is 4.90 Å². The van der Waals surface area contributed by atoms with E-state index in [-0.39, 0.29) is 0 Å². The second-order valence-corrected chi connectivity index (χ2v) is 6.43. The quantitative estimate of drug-likeness (QED) is 0.752. The van der Waals surface area contributed by atoms with E-state index >= 15 is 0 Å². The van der Waals surface area contributed by atoms with Crippen LogP contribution in [0.1, 0.15) is 51.2 Å². The van der Waals surface area contributed by atoms with Gasteiger partial charge in [-0.15, -0.1) is 0 Å². The summed E-state index contributed by atoms with van der Waals surface area (Å²) in [6.07, 6.45) is 5.21. The van der Waals surface area contributed by atoms with Gasteiger partial charge in [-0.05, 0) is 55.3 Å². The van der Waals surface area contributed by atoms with Gasteiger partial charge in [-0.25, -0.2) is 0 Å². The van der Waals surface area contributed by atoms with Crippen molar-refractivity contribution >= 4 is 0 Å². The van der Waals surface area contributed by atoms with Gasteiger partial charge in [-0.2, -0.15) is 0 Å². The van der Waals surface area contributed by atoms with Gasteiger partial charge in [0.05, 0.1) is 0 Å². The van der Waals surface area contributed by atoms with E-state index in [4.69, 9.17) is 0 Å². The maximum atomic E-state index is 2.63. The summed E-state index contributed by atoms with van der Waals surface area (Å²) < 4.78 is 0. The van der Waals surface area contributed by atoms with Crippen LogP contribution in [-0.2, 0) is 13.0 Å². The molecule has 0 atom stereocenters. The molecule has 1 fully saturated rings. The number of nitrogens with zero attached hydrogens (tertiary/aromatic N) is 1. The van der Waals surface area contributed by atoms with Gasteiger partial charge in [-0.1, -0.05) is 51.5 Å². The van der Waals surface area contributed by atoms with Crippen LogP contribution >= 0.6 is 0 Å². The smallest absolute Gasteiger partial charge is 0.0233 e. The minimum Gasteiger partial charge on any atom is -0.299 e. The first-order chi connectivity index (χ1) is 9.19. The third kappa shape index (κ3) is 4.35. The van der Waals surface area contributed by atoms with Gasteiger partial charge in [0.25, 0.3) is 0 Å². The van der Waals surface area contributed by atoms with E-state index in [0.29, 0.717) is 0 Å². The minimum atomic E-state index is 0.857. The van der Waals surface area contributed by atoms with Crippen molar-refractivity contribution < 1.29 is 0 Å². The van der Waals surface area contributed by atoms with Crippen molar-refractivity contribution in [3.05, 3.63) is 35.4 Å². The van der Waals surface area contributed by atoms with Crippen LogP contribution in [0.4, 0.5) is 0 Å². The van der Waals surface area contributed by atoms with Gasteiger partial charge in [0.15, 0.2) is 0 Å². The van der Waals surface area contributed by atoms with Crippen molar-refractivity contribution in [1.29, 1.82) is 0 Å². The number of likely N-dealkylation sites (tertiary alicyclic amines) is 1. The second kappa shape index (κ2) is 7.09. The number of rotatable bonds is 5. The molecule has 0 radical (unpaired) electrons. The van der Waals surface area contributed by atoms with Gasteiger partial charge >= 0.3 is 0 Å². The molecule has 19 heavy (non-hydrogen) atoms. The SMILES string of the molecule is CCCc1cccc(CN2CCC(C(C)C)CC2)c1. The van der Waals surface area contributed by atoms with E-state index in [9.17, 15) is 0 Å². The Balaban J connectivity index is 1.86. The molecule has 1 heteroatoms. The third-order valence-corrected chi connectivity index (χ3v) is 4.51. The highest BCUT2D eigenvalue weighted by Crippen LogP contribution is 2.25. The van der Waals surface area contributed by atoms with Crippen molar-refractivity contribution in [2.45, 2.75) is 53.0 Å². The molecule has 0 aliphatic carbocycles. The molecule has 1 nitrogen and oxygen atoms in total. The highest BCUT2D eigenvalue weighted by molar-refractivity contribution is 5.23. The summed E-state index contributed by atoms with van der Waals surface area (Å²) in [5.41, 5.74) is 2.99. The highest BCUT2D eigenvalue weighted by Gasteiger charge is 2.21. The van der Waals surface area contributed by atoms with Crippen molar-refractivity contribution in [3.63, 3.8) is 0 Å². The first kappa shape index (κ1) is 14.6. The lowest BCUT2D eigenvalue weighted by atomic mass is 9.86. The first-order valence-corrected chi connectivity index (χ1v) is 7.99. The van der Waals surface area contributed by atoms with Crippen LogP contribution in [-0.4, -0.2) is 18.0 Å². The summed E-state index contributed by atoms with van der Waals surface area (Å²) in [5.74, 6) is 1.80. The molecule has 0 bridgehead atoms. The molecular weight excluding hydrogens is 230 g/mol. The lowest BCUT2D eigenvalue weighted by Crippen LogP contribution is -2.34. The number of hydrogen-bond donors (Lipinski definition) is 0. The molecule has 0 spiro atoms. The second-order valence-electron chi connectivity index (χ2n) is 6.43. The highest BCUT2D eigenvalue weighted by atomic mass is 15.1. The molecular formula is C18H29N. The predicted molar refractivity (Wildman–Crippen MR) is 83.3 cm³/mol. The van der Waals surface area contributed by atoms with Crippen LogP contribution in [0.15, 0.2) is 24.3 Å². The van der Waals surface area contributed by atoms with E-state index in [1.54, 1.807) is 0 Å². The van der Waals surface area contributed by atoms with Crippen molar-refractivity contribution in [1.82, 2.24) is 4.90 Å². The van der Waals surface area contributed by atoms with Crippen LogP contribution in [0.25, 0.3) is 0 Å². The van der Waals surface area contributed by atoms with Gasteiger partial charge in [0.2, 0.25) is 0 Å². The van der Waals surface area contributed by atoms with Crippen LogP contribution < -0.4 is 0 Å². The lowest BCUT2D eigenvalue weighted by molar-refractivity contribution is 0.152. The summed E-state index contributed by atoms with van der Waals surface area (Å²) in [7, 11) is 0. The largest absolute Gasteiger partial charge is 0.299 e. The van der Waals surface area contributed by atoms with E-state index in [2.05, 4.69) is 49.9 Å². The van der Waals surface area contributed by atoms with Crippen LogP contribution in [0, 0.1) is 11.8 Å². The zero-order valence-electron chi connectivity index (χ0n) is 12.9. The molecule has 0 unspecified atom stereocenters. The molecule has 1 aliphatic heterocycles. The van der Waals surface area contributed by atoms with E-state index in [0.717, 1.165) is 18.4 Å². The molecule has 0 aromatic heterocycles. The van der Waals surface area contributed by atoms with Gasteiger partial charge in [0, 0.05) is 6.54 Å². The third-order valence-electron chi connectivity index (χ3n) is 4.51. The van der Waals surface area contributed by atoms with Crippen molar-refractivity contribution in [3.8, 4) is 0 Å². The molecule has 1 saturated heterocycles. The molecule has 1 aromatic rings. The van der Waals surface area contributed by atoms with Crippen LogP contribution in [0.5, 0.6) is 0 Å². The average molecular weight is 259 g/mol. The molecule has 2 rings (SSSR count). The summed E-state index contributed by atoms with van der Waals surface area (Å²) in [6, 6.07) is 9.17. The lowest BCUT2D eigenvalue weighted by Gasteiger charge is -2.33. The predicted octanol–water partition coefficient (Wildman–Crippen LogP) is 4.51. The normalized spacial score (nSPS) is 18.1. The molecule has 106 valence electrons. The van der Waals surface area contributed by atoms with Crippen molar-refractivity contribution in [2.24, 2.45) is 11.8 Å². The first-order valence-electron chi connectivity index (χ1n) is 7.99. The Bertz CT molecular complexity index is 375. The molecule has 1 aromatic carbocycles. The molecule has 1 heterocycles. The summed E-state index contributed by atoms with van der Waals surface area (Å²) in [5, 5.41) is 0. The zero-order chi connectivity index (χ0) is 13.7. The Morgan fingerprint density at radius 1 is 1.16 bits per heavy atom. The van der Waals surface area contributed by atoms with E-state index in [1.807, 2.05) is 0 Å². The Hall–Kier alpha value is -0.820. The number of benzene rings is 1. The maximum Gasteiger partial charge on any atom is 0.0233 e. The minimum absolute atomic E-state index is 0.857. The Morgan fingerprint density at radius 3 is 2.47 bits per heavy atom. The zero-order valence-corrected chi connectivity index (χ0v) is 12.9. The van der Waals surface area contributed by atoms with Gasteiger partial charge in [0.1, 0.15) is 0 Å². The molecule has 0 N–H and O–H groups in total.